The van der Waals surface area contributed by atoms with E-state index in [0.717, 1.165) is 11.3 Å². The largest absolute Gasteiger partial charge is 0.497 e. The third-order valence-corrected chi connectivity index (χ3v) is 5.44. The molecule has 0 aliphatic carbocycles. The topological polar surface area (TPSA) is 112 Å². The van der Waals surface area contributed by atoms with Crippen LogP contribution in [0.4, 0.5) is 0 Å². The molecule has 1 aromatic carbocycles. The normalized spacial score (nSPS) is 16.5. The van der Waals surface area contributed by atoms with Crippen LogP contribution in [0.3, 0.4) is 0 Å². The van der Waals surface area contributed by atoms with E-state index in [-0.39, 0.29) is 30.7 Å². The van der Waals surface area contributed by atoms with Crippen molar-refractivity contribution in [1.82, 2.24) is 9.88 Å². The highest BCUT2D eigenvalue weighted by atomic mass is 32.1. The van der Waals surface area contributed by atoms with E-state index in [4.69, 9.17) is 15.2 Å². The summed E-state index contributed by atoms with van der Waals surface area (Å²) in [6.45, 7) is 0.405. The quantitative estimate of drug-likeness (QED) is 0.735. The van der Waals surface area contributed by atoms with Crippen molar-refractivity contribution < 1.29 is 23.9 Å². The first kappa shape index (κ1) is 19.8. The van der Waals surface area contributed by atoms with Gasteiger partial charge in [0.05, 0.1) is 13.0 Å². The van der Waals surface area contributed by atoms with Gasteiger partial charge in [-0.1, -0.05) is 0 Å². The molecule has 3 rings (SSSR count). The minimum atomic E-state index is -0.659. The number of amides is 2. The lowest BCUT2D eigenvalue weighted by molar-refractivity contribution is -0.137. The van der Waals surface area contributed by atoms with Crippen LogP contribution in [0.15, 0.2) is 29.6 Å². The van der Waals surface area contributed by atoms with E-state index in [0.29, 0.717) is 24.4 Å². The summed E-state index contributed by atoms with van der Waals surface area (Å²) in [7, 11) is 1.59. The zero-order chi connectivity index (χ0) is 20.1. The number of aromatic nitrogens is 1. The van der Waals surface area contributed by atoms with Crippen molar-refractivity contribution in [2.75, 3.05) is 26.8 Å². The number of thiazole rings is 1. The molecule has 2 aromatic rings. The second kappa shape index (κ2) is 8.83. The summed E-state index contributed by atoms with van der Waals surface area (Å²) in [5.74, 6) is -1.03. The van der Waals surface area contributed by atoms with Crippen LogP contribution in [0.1, 0.15) is 23.3 Å². The van der Waals surface area contributed by atoms with E-state index in [1.807, 2.05) is 24.3 Å². The molecule has 1 atom stereocenters. The number of hydrogen-bond donors (Lipinski definition) is 1. The van der Waals surface area contributed by atoms with Gasteiger partial charge in [-0.3, -0.25) is 9.59 Å². The number of carbonyl (C=O) groups excluding carboxylic acids is 3. The first-order valence-electron chi connectivity index (χ1n) is 8.82. The minimum absolute atomic E-state index is 0.150. The number of methoxy groups -OCH3 is 1. The van der Waals surface area contributed by atoms with Gasteiger partial charge in [0.1, 0.15) is 10.8 Å². The maximum Gasteiger partial charge on any atom is 0.358 e. The third-order valence-electron chi connectivity index (χ3n) is 4.55. The first-order valence-corrected chi connectivity index (χ1v) is 9.70. The maximum absolute atomic E-state index is 12.3. The summed E-state index contributed by atoms with van der Waals surface area (Å²) in [4.78, 5) is 41.6. The number of rotatable bonds is 6. The van der Waals surface area contributed by atoms with Gasteiger partial charge in [0, 0.05) is 24.0 Å². The van der Waals surface area contributed by atoms with Gasteiger partial charge in [0.25, 0.3) is 5.91 Å². The van der Waals surface area contributed by atoms with Gasteiger partial charge in [-0.05, 0) is 37.1 Å². The molecule has 0 radical (unpaired) electrons. The molecule has 148 valence electrons. The Morgan fingerprint density at radius 3 is 2.71 bits per heavy atom. The van der Waals surface area contributed by atoms with Crippen LogP contribution in [0.5, 0.6) is 5.75 Å². The number of nitrogens with zero attached hydrogens (tertiary/aromatic N) is 2. The maximum atomic E-state index is 12.3. The van der Waals surface area contributed by atoms with Crippen LogP contribution in [-0.2, 0) is 14.3 Å². The molecule has 0 bridgehead atoms. The Labute approximate surface area is 166 Å². The molecule has 2 heterocycles. The molecule has 1 aliphatic rings. The Morgan fingerprint density at radius 2 is 2.04 bits per heavy atom. The van der Waals surface area contributed by atoms with Crippen molar-refractivity contribution in [3.63, 3.8) is 0 Å². The lowest BCUT2D eigenvalue weighted by Crippen LogP contribution is -2.45. The molecule has 1 fully saturated rings. The van der Waals surface area contributed by atoms with Crippen LogP contribution in [0.25, 0.3) is 10.6 Å². The van der Waals surface area contributed by atoms with E-state index in [9.17, 15) is 14.4 Å². The summed E-state index contributed by atoms with van der Waals surface area (Å²) in [6, 6.07) is 7.32. The van der Waals surface area contributed by atoms with Gasteiger partial charge in [-0.25, -0.2) is 9.78 Å². The van der Waals surface area contributed by atoms with Crippen LogP contribution < -0.4 is 10.5 Å². The SMILES string of the molecule is COc1ccc(-c2nc(C(=O)OCC(=O)N3CCC[C@H](C(N)=O)C3)cs2)cc1. The Hall–Kier alpha value is -2.94. The second-order valence-electron chi connectivity index (χ2n) is 6.42. The van der Waals surface area contributed by atoms with Gasteiger partial charge in [0.15, 0.2) is 12.3 Å². The number of carbonyl (C=O) groups is 3. The number of hydrogen-bond acceptors (Lipinski definition) is 7. The smallest absolute Gasteiger partial charge is 0.358 e. The standard InChI is InChI=1S/C19H21N3O5S/c1-26-14-6-4-12(5-7-14)18-21-15(11-28-18)19(25)27-10-16(23)22-8-2-3-13(9-22)17(20)24/h4-7,11,13H,2-3,8-10H2,1H3,(H2,20,24)/t13-/m0/s1. The van der Waals surface area contributed by atoms with Crippen LogP contribution in [-0.4, -0.2) is 54.5 Å². The van der Waals surface area contributed by atoms with E-state index in [1.54, 1.807) is 12.5 Å². The molecule has 0 saturated carbocycles. The van der Waals surface area contributed by atoms with Gasteiger partial charge in [-0.15, -0.1) is 11.3 Å². The molecule has 1 aromatic heterocycles. The Bertz CT molecular complexity index is 865. The molecule has 9 heteroatoms. The molecular formula is C19H21N3O5S. The van der Waals surface area contributed by atoms with Crippen LogP contribution >= 0.6 is 11.3 Å². The predicted octanol–water partition coefficient (Wildman–Crippen LogP) is 1.70. The summed E-state index contributed by atoms with van der Waals surface area (Å²) in [5, 5.41) is 2.26. The Kier molecular flexibility index (Phi) is 6.25. The molecule has 1 aliphatic heterocycles. The number of esters is 1. The molecule has 1 saturated heterocycles. The monoisotopic (exact) mass is 403 g/mol. The number of benzene rings is 1. The van der Waals surface area contributed by atoms with Gasteiger partial charge in [0.2, 0.25) is 5.91 Å². The fourth-order valence-electron chi connectivity index (χ4n) is 2.96. The third kappa shape index (κ3) is 4.66. The zero-order valence-corrected chi connectivity index (χ0v) is 16.2. The summed E-state index contributed by atoms with van der Waals surface area (Å²) < 4.78 is 10.2. The summed E-state index contributed by atoms with van der Waals surface area (Å²) in [6.07, 6.45) is 1.37. The van der Waals surface area contributed by atoms with Crippen molar-refractivity contribution >= 4 is 29.1 Å². The zero-order valence-electron chi connectivity index (χ0n) is 15.4. The van der Waals surface area contributed by atoms with Crippen molar-refractivity contribution in [3.8, 4) is 16.3 Å². The number of primary amides is 1. The fourth-order valence-corrected chi connectivity index (χ4v) is 3.76. The highest BCUT2D eigenvalue weighted by Gasteiger charge is 2.27. The molecular weight excluding hydrogens is 382 g/mol. The van der Waals surface area contributed by atoms with Crippen molar-refractivity contribution in [2.24, 2.45) is 11.7 Å². The van der Waals surface area contributed by atoms with E-state index in [2.05, 4.69) is 4.98 Å². The Morgan fingerprint density at radius 1 is 1.29 bits per heavy atom. The van der Waals surface area contributed by atoms with Crippen LogP contribution in [0.2, 0.25) is 0 Å². The second-order valence-corrected chi connectivity index (χ2v) is 7.28. The molecule has 8 nitrogen and oxygen atoms in total. The lowest BCUT2D eigenvalue weighted by Gasteiger charge is -2.30. The number of piperidine rings is 1. The highest BCUT2D eigenvalue weighted by Crippen LogP contribution is 2.26. The minimum Gasteiger partial charge on any atom is -0.497 e. The average molecular weight is 403 g/mol. The van der Waals surface area contributed by atoms with Gasteiger partial charge >= 0.3 is 5.97 Å². The summed E-state index contributed by atoms with van der Waals surface area (Å²) in [5.41, 5.74) is 6.32. The van der Waals surface area contributed by atoms with Crippen molar-refractivity contribution in [2.45, 2.75) is 12.8 Å². The van der Waals surface area contributed by atoms with Gasteiger partial charge < -0.3 is 20.1 Å². The molecule has 0 unspecified atom stereocenters. The lowest BCUT2D eigenvalue weighted by atomic mass is 9.97. The summed E-state index contributed by atoms with van der Waals surface area (Å²) >= 11 is 1.31. The number of likely N-dealkylation sites (tertiary alicyclic amines) is 1. The van der Waals surface area contributed by atoms with Crippen LogP contribution in [0, 0.1) is 5.92 Å². The van der Waals surface area contributed by atoms with E-state index < -0.39 is 11.9 Å². The molecule has 2 amide bonds. The Balaban J connectivity index is 1.55. The fraction of sp³-hybridized carbons (Fsp3) is 0.368. The average Bonchev–Trinajstić information content (AvgIpc) is 3.22. The molecule has 2 N–H and O–H groups in total. The number of nitrogens with two attached hydrogens (primary N) is 1. The van der Waals surface area contributed by atoms with Crippen molar-refractivity contribution in [1.29, 1.82) is 0 Å². The van der Waals surface area contributed by atoms with Crippen molar-refractivity contribution in [3.05, 3.63) is 35.3 Å². The predicted molar refractivity (Wildman–Crippen MR) is 103 cm³/mol. The molecule has 0 spiro atoms. The van der Waals surface area contributed by atoms with E-state index >= 15 is 0 Å². The first-order chi connectivity index (χ1) is 13.5. The van der Waals surface area contributed by atoms with Gasteiger partial charge in [-0.2, -0.15) is 0 Å². The molecule has 28 heavy (non-hydrogen) atoms. The number of ether oxygens (including phenoxy) is 2. The van der Waals surface area contributed by atoms with E-state index in [1.165, 1.54) is 16.2 Å². The highest BCUT2D eigenvalue weighted by molar-refractivity contribution is 7.13.